The van der Waals surface area contributed by atoms with Crippen molar-refractivity contribution in [3.63, 3.8) is 0 Å². The van der Waals surface area contributed by atoms with Crippen molar-refractivity contribution in [3.05, 3.63) is 23.0 Å². The van der Waals surface area contributed by atoms with Gasteiger partial charge < -0.3 is 10.1 Å². The molecule has 1 aromatic rings. The highest BCUT2D eigenvalue weighted by Crippen LogP contribution is 2.37. The highest BCUT2D eigenvalue weighted by molar-refractivity contribution is 5.41. The lowest BCUT2D eigenvalue weighted by atomic mass is 9.71. The third-order valence-electron chi connectivity index (χ3n) is 4.57. The number of hydrogen-bond acceptors (Lipinski definition) is 3. The Morgan fingerprint density at radius 2 is 2.00 bits per heavy atom. The molecule has 0 radical (unpaired) electrons. The molecular weight excluding hydrogens is 248 g/mol. The summed E-state index contributed by atoms with van der Waals surface area (Å²) < 4.78 is 5.50. The van der Waals surface area contributed by atoms with Crippen LogP contribution >= 0.6 is 0 Å². The summed E-state index contributed by atoms with van der Waals surface area (Å²) in [6.07, 6.45) is 5.72. The molecule has 3 nitrogen and oxygen atoms in total. The Morgan fingerprint density at radius 1 is 1.30 bits per heavy atom. The predicted molar refractivity (Wildman–Crippen MR) is 83.3 cm³/mol. The molecule has 1 aromatic heterocycles. The number of nitrogens with one attached hydrogen (secondary N) is 1. The number of rotatable bonds is 6. The summed E-state index contributed by atoms with van der Waals surface area (Å²) in [5.41, 5.74) is 3.56. The van der Waals surface area contributed by atoms with Crippen LogP contribution in [-0.2, 0) is 6.42 Å². The molecule has 1 heterocycles. The summed E-state index contributed by atoms with van der Waals surface area (Å²) in [6.45, 7) is 9.76. The second-order valence-electron chi connectivity index (χ2n) is 6.41. The van der Waals surface area contributed by atoms with Crippen LogP contribution in [0.5, 0.6) is 5.75 Å². The summed E-state index contributed by atoms with van der Waals surface area (Å²) in [5, 5.41) is 3.56. The van der Waals surface area contributed by atoms with Crippen LogP contribution in [0.15, 0.2) is 6.20 Å². The molecule has 2 unspecified atom stereocenters. The Labute approximate surface area is 123 Å². The molecule has 2 atom stereocenters. The van der Waals surface area contributed by atoms with Crippen molar-refractivity contribution >= 4 is 0 Å². The van der Waals surface area contributed by atoms with Crippen LogP contribution in [0.3, 0.4) is 0 Å². The monoisotopic (exact) mass is 276 g/mol. The largest absolute Gasteiger partial charge is 0.496 e. The summed E-state index contributed by atoms with van der Waals surface area (Å²) >= 11 is 0. The van der Waals surface area contributed by atoms with Gasteiger partial charge in [0.15, 0.2) is 0 Å². The summed E-state index contributed by atoms with van der Waals surface area (Å²) in [4.78, 5) is 4.64. The Morgan fingerprint density at radius 3 is 2.55 bits per heavy atom. The molecule has 1 saturated carbocycles. The first-order valence-electron chi connectivity index (χ1n) is 7.75. The molecule has 3 heteroatoms. The molecule has 0 amide bonds. The zero-order chi connectivity index (χ0) is 14.7. The molecule has 1 fully saturated rings. The minimum absolute atomic E-state index is 0.579. The molecule has 0 spiro atoms. The minimum Gasteiger partial charge on any atom is -0.496 e. The van der Waals surface area contributed by atoms with Gasteiger partial charge in [-0.2, -0.15) is 0 Å². The van der Waals surface area contributed by atoms with Gasteiger partial charge in [-0.05, 0) is 51.5 Å². The fourth-order valence-electron chi connectivity index (χ4n) is 3.09. The van der Waals surface area contributed by atoms with E-state index in [1.165, 1.54) is 24.1 Å². The smallest absolute Gasteiger partial charge is 0.128 e. The molecule has 1 aliphatic rings. The Bertz CT molecular complexity index is 457. The minimum atomic E-state index is 0.579. The van der Waals surface area contributed by atoms with Gasteiger partial charge in [0.1, 0.15) is 5.75 Å². The molecule has 0 bridgehead atoms. The number of hydrogen-bond donors (Lipinski definition) is 1. The molecule has 0 aromatic carbocycles. The zero-order valence-corrected chi connectivity index (χ0v) is 13.5. The lowest BCUT2D eigenvalue weighted by Crippen LogP contribution is -2.39. The quantitative estimate of drug-likeness (QED) is 0.866. The van der Waals surface area contributed by atoms with Gasteiger partial charge in [0.25, 0.3) is 0 Å². The van der Waals surface area contributed by atoms with Crippen molar-refractivity contribution in [3.8, 4) is 5.75 Å². The van der Waals surface area contributed by atoms with Gasteiger partial charge in [-0.25, -0.2) is 0 Å². The van der Waals surface area contributed by atoms with E-state index >= 15 is 0 Å². The standard InChI is InChI=1S/C17H28N2O/c1-11(2)18-10-15-7-6-14(15)8-16-13(4)17(20-5)12(3)9-19-16/h9,11,14-15,18H,6-8,10H2,1-5H3. The molecular formula is C17H28N2O. The fraction of sp³-hybridized carbons (Fsp3) is 0.706. The number of nitrogens with zero attached hydrogens (tertiary/aromatic N) is 1. The SMILES string of the molecule is COc1c(C)cnc(CC2CCC2CNC(C)C)c1C. The van der Waals surface area contributed by atoms with Crippen molar-refractivity contribution in [1.29, 1.82) is 0 Å². The van der Waals surface area contributed by atoms with Crippen molar-refractivity contribution in [1.82, 2.24) is 10.3 Å². The zero-order valence-electron chi connectivity index (χ0n) is 13.5. The average molecular weight is 276 g/mol. The topological polar surface area (TPSA) is 34.1 Å². The number of aromatic nitrogens is 1. The first-order chi connectivity index (χ1) is 9.52. The van der Waals surface area contributed by atoms with Crippen LogP contribution in [0.25, 0.3) is 0 Å². The molecule has 0 saturated heterocycles. The van der Waals surface area contributed by atoms with Crippen LogP contribution in [0.1, 0.15) is 43.5 Å². The lowest BCUT2D eigenvalue weighted by molar-refractivity contribution is 0.166. The van der Waals surface area contributed by atoms with Crippen LogP contribution in [-0.4, -0.2) is 24.7 Å². The first kappa shape index (κ1) is 15.3. The molecule has 1 aliphatic carbocycles. The van der Waals surface area contributed by atoms with E-state index in [2.05, 4.69) is 38.0 Å². The van der Waals surface area contributed by atoms with Gasteiger partial charge in [-0.3, -0.25) is 4.98 Å². The average Bonchev–Trinajstić information content (AvgIpc) is 2.37. The predicted octanol–water partition coefficient (Wildman–Crippen LogP) is 3.27. The van der Waals surface area contributed by atoms with Gasteiger partial charge in [0.2, 0.25) is 0 Å². The maximum absolute atomic E-state index is 5.50. The van der Waals surface area contributed by atoms with E-state index in [0.29, 0.717) is 6.04 Å². The number of aryl methyl sites for hydroxylation is 1. The van der Waals surface area contributed by atoms with Gasteiger partial charge in [0, 0.05) is 29.1 Å². The number of ether oxygens (including phenoxy) is 1. The third kappa shape index (κ3) is 3.32. The second-order valence-corrected chi connectivity index (χ2v) is 6.41. The van der Waals surface area contributed by atoms with E-state index in [9.17, 15) is 0 Å². The van der Waals surface area contributed by atoms with E-state index in [4.69, 9.17) is 4.74 Å². The molecule has 2 rings (SSSR count). The summed E-state index contributed by atoms with van der Waals surface area (Å²) in [7, 11) is 1.75. The van der Waals surface area contributed by atoms with Crippen molar-refractivity contribution in [2.45, 2.75) is 53.0 Å². The summed E-state index contributed by atoms with van der Waals surface area (Å²) in [6, 6.07) is 0.579. The lowest BCUT2D eigenvalue weighted by Gasteiger charge is -2.37. The molecule has 20 heavy (non-hydrogen) atoms. The Hall–Kier alpha value is -1.09. The molecule has 1 N–H and O–H groups in total. The van der Waals surface area contributed by atoms with E-state index in [1.807, 2.05) is 6.20 Å². The van der Waals surface area contributed by atoms with E-state index in [1.54, 1.807) is 7.11 Å². The van der Waals surface area contributed by atoms with Crippen molar-refractivity contribution in [2.24, 2.45) is 11.8 Å². The van der Waals surface area contributed by atoms with Gasteiger partial charge in [-0.1, -0.05) is 13.8 Å². The van der Waals surface area contributed by atoms with Gasteiger partial charge in [-0.15, -0.1) is 0 Å². The molecule has 0 aliphatic heterocycles. The number of pyridine rings is 1. The van der Waals surface area contributed by atoms with Crippen LogP contribution in [0.2, 0.25) is 0 Å². The van der Waals surface area contributed by atoms with Crippen molar-refractivity contribution in [2.75, 3.05) is 13.7 Å². The van der Waals surface area contributed by atoms with Gasteiger partial charge >= 0.3 is 0 Å². The van der Waals surface area contributed by atoms with Gasteiger partial charge in [0.05, 0.1) is 7.11 Å². The van der Waals surface area contributed by atoms with E-state index in [-0.39, 0.29) is 0 Å². The van der Waals surface area contributed by atoms with Crippen LogP contribution in [0.4, 0.5) is 0 Å². The highest BCUT2D eigenvalue weighted by Gasteiger charge is 2.31. The molecule has 112 valence electrons. The Kier molecular flexibility index (Phi) is 5.03. The summed E-state index contributed by atoms with van der Waals surface area (Å²) in [5.74, 6) is 2.59. The highest BCUT2D eigenvalue weighted by atomic mass is 16.5. The van der Waals surface area contributed by atoms with E-state index < -0.39 is 0 Å². The van der Waals surface area contributed by atoms with Crippen LogP contribution in [0, 0.1) is 25.7 Å². The second kappa shape index (κ2) is 6.57. The maximum Gasteiger partial charge on any atom is 0.128 e. The number of methoxy groups -OCH3 is 1. The van der Waals surface area contributed by atoms with Crippen LogP contribution < -0.4 is 10.1 Å². The maximum atomic E-state index is 5.50. The van der Waals surface area contributed by atoms with Crippen molar-refractivity contribution < 1.29 is 4.74 Å². The van der Waals surface area contributed by atoms with E-state index in [0.717, 1.165) is 36.1 Å². The fourth-order valence-corrected chi connectivity index (χ4v) is 3.09. The normalized spacial score (nSPS) is 21.9. The first-order valence-corrected chi connectivity index (χ1v) is 7.75. The Balaban J connectivity index is 2.00. The third-order valence-corrected chi connectivity index (χ3v) is 4.57.